The summed E-state index contributed by atoms with van der Waals surface area (Å²) in [5.41, 5.74) is 8.79. The van der Waals surface area contributed by atoms with Gasteiger partial charge in [0.25, 0.3) is 0 Å². The van der Waals surface area contributed by atoms with Gasteiger partial charge in [0.2, 0.25) is 5.91 Å². The van der Waals surface area contributed by atoms with Gasteiger partial charge in [-0.25, -0.2) is 0 Å². The largest absolute Gasteiger partial charge is 0.355 e. The van der Waals surface area contributed by atoms with E-state index in [0.717, 1.165) is 25.0 Å². The molecule has 5 nitrogen and oxygen atoms in total. The van der Waals surface area contributed by atoms with E-state index >= 15 is 0 Å². The Kier molecular flexibility index (Phi) is 5.74. The second-order valence-electron chi connectivity index (χ2n) is 5.80. The number of nitrogens with zero attached hydrogens (tertiary/aromatic N) is 2. The van der Waals surface area contributed by atoms with E-state index in [2.05, 4.69) is 17.3 Å². The molecule has 0 bridgehead atoms. The summed E-state index contributed by atoms with van der Waals surface area (Å²) in [6.45, 7) is 8.59. The van der Waals surface area contributed by atoms with E-state index in [9.17, 15) is 4.79 Å². The molecule has 1 unspecified atom stereocenters. The van der Waals surface area contributed by atoms with Crippen LogP contribution < -0.4 is 11.1 Å². The van der Waals surface area contributed by atoms with Gasteiger partial charge in [0, 0.05) is 19.3 Å². The van der Waals surface area contributed by atoms with Gasteiger partial charge >= 0.3 is 0 Å². The normalized spacial score (nSPS) is 14.1. The summed E-state index contributed by atoms with van der Waals surface area (Å²) >= 11 is 0. The molecule has 1 heterocycles. The Balaban J connectivity index is 2.41. The van der Waals surface area contributed by atoms with E-state index in [1.54, 1.807) is 6.92 Å². The van der Waals surface area contributed by atoms with Crippen molar-refractivity contribution in [3.05, 3.63) is 17.0 Å². The highest BCUT2D eigenvalue weighted by Crippen LogP contribution is 2.14. The summed E-state index contributed by atoms with van der Waals surface area (Å²) in [6, 6.07) is 0. The third-order valence-corrected chi connectivity index (χ3v) is 3.84. The van der Waals surface area contributed by atoms with Crippen LogP contribution in [0.4, 0.5) is 0 Å². The maximum atomic E-state index is 12.0. The third-order valence-electron chi connectivity index (χ3n) is 3.84. The highest BCUT2D eigenvalue weighted by Gasteiger charge is 2.26. The van der Waals surface area contributed by atoms with Gasteiger partial charge in [-0.15, -0.1) is 0 Å². The number of amides is 1. The summed E-state index contributed by atoms with van der Waals surface area (Å²) in [4.78, 5) is 12.0. The minimum absolute atomic E-state index is 0.0565. The van der Waals surface area contributed by atoms with Gasteiger partial charge in [-0.2, -0.15) is 5.10 Å². The molecule has 0 saturated carbocycles. The van der Waals surface area contributed by atoms with Gasteiger partial charge < -0.3 is 11.1 Å². The summed E-state index contributed by atoms with van der Waals surface area (Å²) in [6.07, 6.45) is 3.45. The number of aryl methyl sites for hydroxylation is 2. The number of carbonyl (C=O) groups excluding carboxylic acids is 1. The molecular weight excluding hydrogens is 252 g/mol. The first-order valence-corrected chi connectivity index (χ1v) is 7.35. The molecule has 0 aliphatic heterocycles. The van der Waals surface area contributed by atoms with E-state index in [1.807, 2.05) is 25.6 Å². The first-order valence-electron chi connectivity index (χ1n) is 7.35. The van der Waals surface area contributed by atoms with Crippen molar-refractivity contribution in [1.29, 1.82) is 0 Å². The van der Waals surface area contributed by atoms with E-state index in [0.29, 0.717) is 13.0 Å². The SMILES string of the molecule is CCCC(C)(N)C(=O)NCCCc1c(C)nn(C)c1C. The first kappa shape index (κ1) is 16.7. The maximum Gasteiger partial charge on any atom is 0.239 e. The second kappa shape index (κ2) is 6.88. The lowest BCUT2D eigenvalue weighted by Crippen LogP contribution is -2.51. The molecule has 0 saturated heterocycles. The van der Waals surface area contributed by atoms with Crippen molar-refractivity contribution < 1.29 is 4.79 Å². The summed E-state index contributed by atoms with van der Waals surface area (Å²) < 4.78 is 1.90. The van der Waals surface area contributed by atoms with Crippen LogP contribution in [-0.4, -0.2) is 27.8 Å². The Labute approximate surface area is 121 Å². The average molecular weight is 280 g/mol. The predicted molar refractivity (Wildman–Crippen MR) is 81.5 cm³/mol. The van der Waals surface area contributed by atoms with E-state index in [1.165, 1.54) is 11.3 Å². The van der Waals surface area contributed by atoms with Gasteiger partial charge in [-0.3, -0.25) is 9.48 Å². The standard InChI is InChI=1S/C15H28N4O/c1-6-9-15(4,16)14(20)17-10-7-8-13-11(2)18-19(5)12(13)3/h6-10,16H2,1-5H3,(H,17,20). The molecule has 0 fully saturated rings. The van der Waals surface area contributed by atoms with Crippen LogP contribution in [0.5, 0.6) is 0 Å². The van der Waals surface area contributed by atoms with E-state index in [-0.39, 0.29) is 5.91 Å². The molecule has 20 heavy (non-hydrogen) atoms. The number of carbonyl (C=O) groups is 1. The summed E-state index contributed by atoms with van der Waals surface area (Å²) in [5, 5.41) is 7.33. The number of nitrogens with one attached hydrogen (secondary N) is 1. The number of hydrogen-bond donors (Lipinski definition) is 2. The molecule has 1 amide bonds. The van der Waals surface area contributed by atoms with Crippen LogP contribution in [0, 0.1) is 13.8 Å². The topological polar surface area (TPSA) is 72.9 Å². The molecule has 0 aromatic carbocycles. The molecule has 114 valence electrons. The van der Waals surface area contributed by atoms with Crippen molar-refractivity contribution in [3.63, 3.8) is 0 Å². The zero-order valence-corrected chi connectivity index (χ0v) is 13.4. The maximum absolute atomic E-state index is 12.0. The van der Waals surface area contributed by atoms with Crippen molar-refractivity contribution in [2.45, 2.75) is 58.9 Å². The highest BCUT2D eigenvalue weighted by molar-refractivity contribution is 5.85. The van der Waals surface area contributed by atoms with Crippen molar-refractivity contribution >= 4 is 5.91 Å². The molecule has 0 radical (unpaired) electrons. The van der Waals surface area contributed by atoms with Gasteiger partial charge in [0.1, 0.15) is 0 Å². The Morgan fingerprint density at radius 3 is 2.60 bits per heavy atom. The molecule has 0 aliphatic rings. The number of hydrogen-bond acceptors (Lipinski definition) is 3. The number of rotatable bonds is 7. The molecule has 1 atom stereocenters. The van der Waals surface area contributed by atoms with Crippen LogP contribution in [0.1, 0.15) is 50.1 Å². The zero-order valence-electron chi connectivity index (χ0n) is 13.4. The van der Waals surface area contributed by atoms with Gasteiger partial charge in [0.05, 0.1) is 11.2 Å². The second-order valence-corrected chi connectivity index (χ2v) is 5.80. The van der Waals surface area contributed by atoms with Crippen LogP contribution in [0.2, 0.25) is 0 Å². The lowest BCUT2D eigenvalue weighted by molar-refractivity contribution is -0.126. The molecule has 1 rings (SSSR count). The molecule has 0 aliphatic carbocycles. The fraction of sp³-hybridized carbons (Fsp3) is 0.733. The Morgan fingerprint density at radius 1 is 1.45 bits per heavy atom. The summed E-state index contributed by atoms with van der Waals surface area (Å²) in [7, 11) is 1.96. The fourth-order valence-corrected chi connectivity index (χ4v) is 2.48. The molecule has 1 aromatic rings. The van der Waals surface area contributed by atoms with E-state index in [4.69, 9.17) is 5.73 Å². The quantitative estimate of drug-likeness (QED) is 0.745. The van der Waals surface area contributed by atoms with Crippen LogP contribution in [0.15, 0.2) is 0 Å². The zero-order chi connectivity index (χ0) is 15.3. The number of nitrogens with two attached hydrogens (primary N) is 1. The number of aromatic nitrogens is 2. The Bertz CT molecular complexity index is 463. The monoisotopic (exact) mass is 280 g/mol. The Morgan fingerprint density at radius 2 is 2.10 bits per heavy atom. The predicted octanol–water partition coefficient (Wildman–Crippen LogP) is 1.60. The van der Waals surface area contributed by atoms with Crippen LogP contribution in [0.3, 0.4) is 0 Å². The smallest absolute Gasteiger partial charge is 0.239 e. The average Bonchev–Trinajstić information content (AvgIpc) is 2.59. The molecule has 3 N–H and O–H groups in total. The molecule has 0 spiro atoms. The molecule has 5 heteroatoms. The first-order chi connectivity index (χ1) is 9.29. The molecule has 1 aromatic heterocycles. The third kappa shape index (κ3) is 4.07. The van der Waals surface area contributed by atoms with Crippen molar-refractivity contribution in [2.75, 3.05) is 6.54 Å². The Hall–Kier alpha value is -1.36. The highest BCUT2D eigenvalue weighted by atomic mass is 16.2. The minimum atomic E-state index is -0.755. The fourth-order valence-electron chi connectivity index (χ4n) is 2.48. The minimum Gasteiger partial charge on any atom is -0.355 e. The lowest BCUT2D eigenvalue weighted by atomic mass is 9.96. The van der Waals surface area contributed by atoms with Crippen LogP contribution in [0.25, 0.3) is 0 Å². The van der Waals surface area contributed by atoms with Crippen molar-refractivity contribution in [1.82, 2.24) is 15.1 Å². The lowest BCUT2D eigenvalue weighted by Gasteiger charge is -2.22. The van der Waals surface area contributed by atoms with Gasteiger partial charge in [0.15, 0.2) is 0 Å². The molecular formula is C15H28N4O. The van der Waals surface area contributed by atoms with Crippen LogP contribution in [-0.2, 0) is 18.3 Å². The van der Waals surface area contributed by atoms with Gasteiger partial charge in [-0.05, 0) is 45.6 Å². The summed E-state index contributed by atoms with van der Waals surface area (Å²) in [5.74, 6) is -0.0565. The van der Waals surface area contributed by atoms with E-state index < -0.39 is 5.54 Å². The van der Waals surface area contributed by atoms with Crippen molar-refractivity contribution in [3.8, 4) is 0 Å². The van der Waals surface area contributed by atoms with Crippen LogP contribution >= 0.6 is 0 Å². The van der Waals surface area contributed by atoms with Crippen molar-refractivity contribution in [2.24, 2.45) is 12.8 Å². The van der Waals surface area contributed by atoms with Gasteiger partial charge in [-0.1, -0.05) is 13.3 Å².